The van der Waals surface area contributed by atoms with E-state index in [4.69, 9.17) is 9.47 Å². The number of aromatic nitrogens is 1. The van der Waals surface area contributed by atoms with E-state index in [9.17, 15) is 20.1 Å². The molecule has 0 saturated carbocycles. The molecule has 0 bridgehead atoms. The zero-order valence-corrected chi connectivity index (χ0v) is 15.9. The smallest absolute Gasteiger partial charge is 0.350 e. The topological polar surface area (TPSA) is 117 Å². The summed E-state index contributed by atoms with van der Waals surface area (Å²) < 4.78 is 11.3. The maximum Gasteiger partial charge on any atom is 0.350 e. The van der Waals surface area contributed by atoms with E-state index in [-0.39, 0.29) is 36.5 Å². The van der Waals surface area contributed by atoms with Crippen LogP contribution in [-0.4, -0.2) is 36.8 Å². The van der Waals surface area contributed by atoms with Gasteiger partial charge >= 0.3 is 11.9 Å². The van der Waals surface area contributed by atoms with Gasteiger partial charge in [-0.2, -0.15) is 10.5 Å². The van der Waals surface area contributed by atoms with E-state index in [0.29, 0.717) is 10.9 Å². The van der Waals surface area contributed by atoms with Crippen LogP contribution in [-0.2, 0) is 26.1 Å². The maximum atomic E-state index is 12.2. The van der Waals surface area contributed by atoms with E-state index in [1.54, 1.807) is 30.7 Å². The van der Waals surface area contributed by atoms with Crippen molar-refractivity contribution in [1.29, 1.82) is 10.5 Å². The Bertz CT molecular complexity index is 1020. The fourth-order valence-corrected chi connectivity index (χ4v) is 2.91. The molecule has 0 atom stereocenters. The Hall–Kier alpha value is -3.78. The van der Waals surface area contributed by atoms with Crippen LogP contribution in [0.15, 0.2) is 29.8 Å². The maximum absolute atomic E-state index is 12.2. The summed E-state index contributed by atoms with van der Waals surface area (Å²) in [5.74, 6) is -1.25. The number of carbonyl (C=O) groups excluding carboxylic acids is 2. The van der Waals surface area contributed by atoms with Gasteiger partial charge in [0.05, 0.1) is 25.8 Å². The van der Waals surface area contributed by atoms with Gasteiger partial charge in [-0.05, 0) is 13.0 Å². The second-order valence-electron chi connectivity index (χ2n) is 5.75. The molecule has 1 N–H and O–H groups in total. The number of nitrogens with one attached hydrogen (secondary N) is 1. The Morgan fingerprint density at radius 3 is 2.57 bits per heavy atom. The quantitative estimate of drug-likeness (QED) is 0.443. The Labute approximate surface area is 162 Å². The second kappa shape index (κ2) is 9.24. The van der Waals surface area contributed by atoms with Crippen molar-refractivity contribution in [1.82, 2.24) is 9.88 Å². The summed E-state index contributed by atoms with van der Waals surface area (Å²) in [6.45, 7) is 2.08. The van der Waals surface area contributed by atoms with Gasteiger partial charge in [0.25, 0.3) is 0 Å². The SMILES string of the molecule is CCOC(=O)CCN/C(=C(\C#N)C(=O)OC)c1c(C#N)n(C)c2ccccc12. The number of para-hydroxylation sites is 1. The van der Waals surface area contributed by atoms with E-state index in [1.165, 1.54) is 7.11 Å². The van der Waals surface area contributed by atoms with E-state index in [1.807, 2.05) is 18.2 Å². The minimum Gasteiger partial charge on any atom is -0.466 e. The Morgan fingerprint density at radius 2 is 1.96 bits per heavy atom. The number of fused-ring (bicyclic) bond motifs is 1. The predicted octanol–water partition coefficient (Wildman–Crippen LogP) is 2.00. The number of hydrogen-bond acceptors (Lipinski definition) is 7. The monoisotopic (exact) mass is 380 g/mol. The van der Waals surface area contributed by atoms with Crippen molar-refractivity contribution in [2.24, 2.45) is 7.05 Å². The molecule has 1 heterocycles. The van der Waals surface area contributed by atoms with Gasteiger partial charge < -0.3 is 19.4 Å². The van der Waals surface area contributed by atoms with Gasteiger partial charge in [-0.15, -0.1) is 0 Å². The summed E-state index contributed by atoms with van der Waals surface area (Å²) in [6.07, 6.45) is 0.0316. The van der Waals surface area contributed by atoms with E-state index >= 15 is 0 Å². The predicted molar refractivity (Wildman–Crippen MR) is 101 cm³/mol. The van der Waals surface area contributed by atoms with Crippen molar-refractivity contribution >= 4 is 28.5 Å². The first-order valence-electron chi connectivity index (χ1n) is 8.60. The average Bonchev–Trinajstić information content (AvgIpc) is 2.99. The zero-order valence-electron chi connectivity index (χ0n) is 15.9. The first-order valence-corrected chi connectivity index (χ1v) is 8.60. The molecular formula is C20H20N4O4. The third-order valence-corrected chi connectivity index (χ3v) is 4.15. The third-order valence-electron chi connectivity index (χ3n) is 4.15. The molecule has 0 aliphatic rings. The molecule has 0 spiro atoms. The number of carbonyl (C=O) groups is 2. The second-order valence-corrected chi connectivity index (χ2v) is 5.75. The van der Waals surface area contributed by atoms with Gasteiger partial charge in [0.1, 0.15) is 17.8 Å². The minimum absolute atomic E-state index is 0.0316. The number of benzene rings is 1. The van der Waals surface area contributed by atoms with E-state index in [0.717, 1.165) is 5.52 Å². The van der Waals surface area contributed by atoms with Crippen molar-refractivity contribution in [3.05, 3.63) is 41.1 Å². The number of methoxy groups -OCH3 is 1. The van der Waals surface area contributed by atoms with Crippen LogP contribution in [0.3, 0.4) is 0 Å². The van der Waals surface area contributed by atoms with E-state index in [2.05, 4.69) is 11.4 Å². The molecule has 0 amide bonds. The molecule has 1 aromatic carbocycles. The lowest BCUT2D eigenvalue weighted by atomic mass is 10.0. The summed E-state index contributed by atoms with van der Waals surface area (Å²) in [5.41, 5.74) is 1.31. The lowest BCUT2D eigenvalue weighted by Gasteiger charge is -2.13. The van der Waals surface area contributed by atoms with Gasteiger partial charge in [0.15, 0.2) is 5.57 Å². The molecule has 8 heteroatoms. The first kappa shape index (κ1) is 20.5. The van der Waals surface area contributed by atoms with Crippen molar-refractivity contribution in [3.63, 3.8) is 0 Å². The van der Waals surface area contributed by atoms with Crippen LogP contribution < -0.4 is 5.32 Å². The van der Waals surface area contributed by atoms with Gasteiger partial charge in [0.2, 0.25) is 0 Å². The number of ether oxygens (including phenoxy) is 2. The molecule has 0 saturated heterocycles. The summed E-state index contributed by atoms with van der Waals surface area (Å²) in [4.78, 5) is 23.8. The fraction of sp³-hybridized carbons (Fsp3) is 0.300. The molecule has 0 radical (unpaired) electrons. The fourth-order valence-electron chi connectivity index (χ4n) is 2.91. The minimum atomic E-state index is -0.835. The zero-order chi connectivity index (χ0) is 20.7. The molecule has 8 nitrogen and oxygen atoms in total. The molecule has 144 valence electrons. The number of nitriles is 2. The van der Waals surface area contributed by atoms with Crippen LogP contribution in [0.2, 0.25) is 0 Å². The molecular weight excluding hydrogens is 360 g/mol. The van der Waals surface area contributed by atoms with Crippen LogP contribution >= 0.6 is 0 Å². The van der Waals surface area contributed by atoms with Crippen LogP contribution in [0.1, 0.15) is 24.6 Å². The summed E-state index contributed by atoms with van der Waals surface area (Å²) >= 11 is 0. The van der Waals surface area contributed by atoms with Gasteiger partial charge in [0, 0.05) is 30.1 Å². The summed E-state index contributed by atoms with van der Waals surface area (Å²) in [5, 5.41) is 22.9. The highest BCUT2D eigenvalue weighted by atomic mass is 16.5. The highest BCUT2D eigenvalue weighted by Crippen LogP contribution is 2.31. The van der Waals surface area contributed by atoms with Crippen LogP contribution in [0.4, 0.5) is 0 Å². The molecule has 2 rings (SSSR count). The number of aryl methyl sites for hydroxylation is 1. The molecule has 1 aromatic heterocycles. The van der Waals surface area contributed by atoms with Crippen LogP contribution in [0, 0.1) is 22.7 Å². The van der Waals surface area contributed by atoms with E-state index < -0.39 is 11.9 Å². The summed E-state index contributed by atoms with van der Waals surface area (Å²) in [7, 11) is 2.90. The van der Waals surface area contributed by atoms with Crippen molar-refractivity contribution in [2.45, 2.75) is 13.3 Å². The Morgan fingerprint density at radius 1 is 1.25 bits per heavy atom. The van der Waals surface area contributed by atoms with Gasteiger partial charge in [-0.1, -0.05) is 18.2 Å². The molecule has 2 aromatic rings. The highest BCUT2D eigenvalue weighted by Gasteiger charge is 2.25. The third kappa shape index (κ3) is 3.97. The number of hydrogen-bond donors (Lipinski definition) is 1. The molecule has 0 aliphatic carbocycles. The van der Waals surface area contributed by atoms with Crippen molar-refractivity contribution in [3.8, 4) is 12.1 Å². The van der Waals surface area contributed by atoms with Crippen molar-refractivity contribution in [2.75, 3.05) is 20.3 Å². The lowest BCUT2D eigenvalue weighted by Crippen LogP contribution is -2.22. The molecule has 0 aliphatic heterocycles. The standard InChI is InChI=1S/C20H20N4O4/c1-4-28-17(25)9-10-23-19(14(11-21)20(26)27-3)18-13-7-5-6-8-15(13)24(2)16(18)12-22/h5-8,23H,4,9-10H2,1-3H3/b19-14+. The highest BCUT2D eigenvalue weighted by molar-refractivity contribution is 6.06. The summed E-state index contributed by atoms with van der Waals surface area (Å²) in [6, 6.07) is 11.2. The largest absolute Gasteiger partial charge is 0.466 e. The molecule has 0 unspecified atom stereocenters. The van der Waals surface area contributed by atoms with Gasteiger partial charge in [-0.3, -0.25) is 4.79 Å². The first-order chi connectivity index (χ1) is 13.5. The molecule has 0 fully saturated rings. The normalized spacial score (nSPS) is 11.2. The van der Waals surface area contributed by atoms with Crippen molar-refractivity contribution < 1.29 is 19.1 Å². The molecule has 28 heavy (non-hydrogen) atoms. The number of nitrogens with zero attached hydrogens (tertiary/aromatic N) is 3. The average molecular weight is 380 g/mol. The van der Waals surface area contributed by atoms with Crippen LogP contribution in [0.5, 0.6) is 0 Å². The number of rotatable bonds is 7. The van der Waals surface area contributed by atoms with Crippen LogP contribution in [0.25, 0.3) is 16.6 Å². The lowest BCUT2D eigenvalue weighted by molar-refractivity contribution is -0.143. The van der Waals surface area contributed by atoms with Gasteiger partial charge in [-0.25, -0.2) is 4.79 Å². The Kier molecular flexibility index (Phi) is 6.78. The Balaban J connectivity index is 2.64. The number of esters is 2.